The number of nitrogens with one attached hydrogen (secondary N) is 1. The Kier molecular flexibility index (Phi) is 5.29. The molecule has 1 aromatic carbocycles. The zero-order valence-corrected chi connectivity index (χ0v) is 10.8. The lowest BCUT2D eigenvalue weighted by molar-refractivity contribution is -0.141. The van der Waals surface area contributed by atoms with Crippen molar-refractivity contribution in [3.05, 3.63) is 29.6 Å². The molecule has 0 radical (unpaired) electrons. The van der Waals surface area contributed by atoms with Crippen LogP contribution in [0.25, 0.3) is 0 Å². The van der Waals surface area contributed by atoms with Gasteiger partial charge < -0.3 is 15.2 Å². The van der Waals surface area contributed by atoms with Crippen molar-refractivity contribution in [3.63, 3.8) is 0 Å². The zero-order chi connectivity index (χ0) is 14.4. The van der Waals surface area contributed by atoms with Crippen molar-refractivity contribution in [1.29, 1.82) is 0 Å². The van der Waals surface area contributed by atoms with E-state index in [0.717, 1.165) is 0 Å². The molecule has 0 heterocycles. The molecule has 1 atom stereocenters. The van der Waals surface area contributed by atoms with Crippen LogP contribution in [0.15, 0.2) is 18.2 Å². The number of ether oxygens (including phenoxy) is 1. The summed E-state index contributed by atoms with van der Waals surface area (Å²) in [4.78, 5) is 22.0. The monoisotopic (exact) mass is 269 g/mol. The van der Waals surface area contributed by atoms with Gasteiger partial charge in [-0.1, -0.05) is 12.1 Å². The Morgan fingerprint density at radius 3 is 2.74 bits per heavy atom. The van der Waals surface area contributed by atoms with Gasteiger partial charge in [0, 0.05) is 6.42 Å². The van der Waals surface area contributed by atoms with Crippen LogP contribution in [0.4, 0.5) is 4.39 Å². The van der Waals surface area contributed by atoms with Crippen LogP contribution in [0.5, 0.6) is 5.75 Å². The number of benzene rings is 1. The first kappa shape index (κ1) is 14.9. The lowest BCUT2D eigenvalue weighted by Gasteiger charge is -2.10. The summed E-state index contributed by atoms with van der Waals surface area (Å²) in [6.07, 6.45) is 0.197. The first-order valence-corrected chi connectivity index (χ1v) is 5.79. The number of methoxy groups -OCH3 is 1. The third-order valence-corrected chi connectivity index (χ3v) is 2.63. The van der Waals surface area contributed by atoms with Crippen molar-refractivity contribution in [2.24, 2.45) is 0 Å². The molecule has 0 unspecified atom stereocenters. The number of aryl methyl sites for hydroxylation is 1. The van der Waals surface area contributed by atoms with Gasteiger partial charge in [-0.2, -0.15) is 0 Å². The van der Waals surface area contributed by atoms with Gasteiger partial charge in [0.2, 0.25) is 5.91 Å². The Morgan fingerprint density at radius 1 is 1.47 bits per heavy atom. The molecule has 0 saturated carbocycles. The number of carboxylic acids is 1. The van der Waals surface area contributed by atoms with Crippen molar-refractivity contribution in [2.75, 3.05) is 7.11 Å². The Morgan fingerprint density at radius 2 is 2.16 bits per heavy atom. The molecule has 0 aliphatic carbocycles. The summed E-state index contributed by atoms with van der Waals surface area (Å²) >= 11 is 0. The first-order chi connectivity index (χ1) is 8.95. The highest BCUT2D eigenvalue weighted by atomic mass is 19.1. The van der Waals surface area contributed by atoms with Crippen molar-refractivity contribution in [1.82, 2.24) is 5.32 Å². The molecule has 0 spiro atoms. The number of hydrogen-bond donors (Lipinski definition) is 2. The molecule has 0 aromatic heterocycles. The van der Waals surface area contributed by atoms with Crippen LogP contribution in [0, 0.1) is 5.82 Å². The quantitative estimate of drug-likeness (QED) is 0.817. The van der Waals surface area contributed by atoms with Crippen molar-refractivity contribution in [2.45, 2.75) is 25.8 Å². The number of carbonyl (C=O) groups excluding carboxylic acids is 1. The molecule has 1 amide bonds. The Labute approximate surface area is 110 Å². The number of carboxylic acid groups (broad SMARTS) is 1. The van der Waals surface area contributed by atoms with E-state index in [0.29, 0.717) is 5.56 Å². The highest BCUT2D eigenvalue weighted by Gasteiger charge is 2.15. The molecule has 104 valence electrons. The summed E-state index contributed by atoms with van der Waals surface area (Å²) in [5.74, 6) is -1.92. The van der Waals surface area contributed by atoms with E-state index in [1.165, 1.54) is 20.1 Å². The van der Waals surface area contributed by atoms with E-state index < -0.39 is 23.7 Å². The molecular weight excluding hydrogens is 253 g/mol. The normalized spacial score (nSPS) is 11.7. The van der Waals surface area contributed by atoms with Gasteiger partial charge in [-0.3, -0.25) is 9.59 Å². The summed E-state index contributed by atoms with van der Waals surface area (Å²) in [7, 11) is 1.36. The van der Waals surface area contributed by atoms with Gasteiger partial charge in [-0.25, -0.2) is 4.39 Å². The maximum Gasteiger partial charge on any atom is 0.325 e. The lowest BCUT2D eigenvalue weighted by Crippen LogP contribution is -2.38. The molecule has 2 N–H and O–H groups in total. The summed E-state index contributed by atoms with van der Waals surface area (Å²) < 4.78 is 18.6. The van der Waals surface area contributed by atoms with Gasteiger partial charge >= 0.3 is 5.97 Å². The lowest BCUT2D eigenvalue weighted by atomic mass is 10.1. The minimum absolute atomic E-state index is 0.0156. The maximum atomic E-state index is 13.8. The highest BCUT2D eigenvalue weighted by Crippen LogP contribution is 2.20. The average molecular weight is 269 g/mol. The largest absolute Gasteiger partial charge is 0.494 e. The minimum atomic E-state index is -1.11. The molecule has 0 fully saturated rings. The number of aliphatic carboxylic acids is 1. The second-order valence-electron chi connectivity index (χ2n) is 4.06. The molecule has 0 aliphatic rings. The summed E-state index contributed by atoms with van der Waals surface area (Å²) in [5.41, 5.74) is 0.359. The van der Waals surface area contributed by atoms with Gasteiger partial charge in [-0.15, -0.1) is 0 Å². The molecule has 5 nitrogen and oxygen atoms in total. The van der Waals surface area contributed by atoms with Gasteiger partial charge in [-0.05, 0) is 25.0 Å². The van der Waals surface area contributed by atoms with Crippen LogP contribution in [0.2, 0.25) is 0 Å². The fourth-order valence-corrected chi connectivity index (χ4v) is 1.53. The smallest absolute Gasteiger partial charge is 0.325 e. The zero-order valence-electron chi connectivity index (χ0n) is 10.8. The maximum absolute atomic E-state index is 13.8. The van der Waals surface area contributed by atoms with E-state index >= 15 is 0 Å². The third kappa shape index (κ3) is 4.24. The number of carbonyl (C=O) groups is 2. The molecule has 19 heavy (non-hydrogen) atoms. The van der Waals surface area contributed by atoms with Crippen LogP contribution in [-0.4, -0.2) is 30.1 Å². The molecule has 0 bridgehead atoms. The number of halogens is 1. The molecule has 0 saturated heterocycles. The summed E-state index contributed by atoms with van der Waals surface area (Å²) in [6.45, 7) is 1.37. The summed E-state index contributed by atoms with van der Waals surface area (Å²) in [5, 5.41) is 10.9. The fraction of sp³-hybridized carbons (Fsp3) is 0.385. The molecule has 6 heteroatoms. The van der Waals surface area contributed by atoms with E-state index in [1.54, 1.807) is 12.1 Å². The van der Waals surface area contributed by atoms with E-state index in [1.807, 2.05) is 0 Å². The van der Waals surface area contributed by atoms with Gasteiger partial charge in [0.1, 0.15) is 6.04 Å². The predicted molar refractivity (Wildman–Crippen MR) is 66.5 cm³/mol. The topological polar surface area (TPSA) is 75.6 Å². The minimum Gasteiger partial charge on any atom is -0.494 e. The van der Waals surface area contributed by atoms with E-state index in [4.69, 9.17) is 9.84 Å². The summed E-state index contributed by atoms with van der Waals surface area (Å²) in [6, 6.07) is 3.73. The Hall–Kier alpha value is -2.11. The Balaban J connectivity index is 2.58. The van der Waals surface area contributed by atoms with Gasteiger partial charge in [0.15, 0.2) is 11.6 Å². The fourth-order valence-electron chi connectivity index (χ4n) is 1.53. The van der Waals surface area contributed by atoms with E-state index in [9.17, 15) is 14.0 Å². The van der Waals surface area contributed by atoms with Crippen LogP contribution < -0.4 is 10.1 Å². The van der Waals surface area contributed by atoms with Crippen molar-refractivity contribution < 1.29 is 23.8 Å². The van der Waals surface area contributed by atoms with Gasteiger partial charge in [0.05, 0.1) is 7.11 Å². The molecule has 1 aromatic rings. The van der Waals surface area contributed by atoms with Crippen LogP contribution in [-0.2, 0) is 16.0 Å². The van der Waals surface area contributed by atoms with Crippen molar-refractivity contribution >= 4 is 11.9 Å². The molecule has 1 rings (SSSR count). The Bertz CT molecular complexity index is 476. The van der Waals surface area contributed by atoms with E-state index in [2.05, 4.69) is 5.32 Å². The molecular formula is C13H16FNO4. The van der Waals surface area contributed by atoms with E-state index in [-0.39, 0.29) is 18.6 Å². The van der Waals surface area contributed by atoms with Crippen LogP contribution >= 0.6 is 0 Å². The standard InChI is InChI=1S/C13H16FNO4/c1-8(13(17)18)15-11(16)7-6-9-4-3-5-10(19-2)12(9)14/h3-5,8H,6-7H2,1-2H3,(H,15,16)(H,17,18)/t8-/m0/s1. The van der Waals surface area contributed by atoms with Crippen LogP contribution in [0.3, 0.4) is 0 Å². The van der Waals surface area contributed by atoms with Crippen LogP contribution in [0.1, 0.15) is 18.9 Å². The van der Waals surface area contributed by atoms with Crippen molar-refractivity contribution in [3.8, 4) is 5.75 Å². The third-order valence-electron chi connectivity index (χ3n) is 2.63. The SMILES string of the molecule is COc1cccc(CCC(=O)N[C@@H](C)C(=O)O)c1F. The first-order valence-electron chi connectivity index (χ1n) is 5.79. The predicted octanol–water partition coefficient (Wildman–Crippen LogP) is 1.36. The number of hydrogen-bond acceptors (Lipinski definition) is 3. The average Bonchev–Trinajstić information content (AvgIpc) is 2.37. The molecule has 0 aliphatic heterocycles. The second kappa shape index (κ2) is 6.72. The highest BCUT2D eigenvalue weighted by molar-refractivity contribution is 5.83. The number of amides is 1. The second-order valence-corrected chi connectivity index (χ2v) is 4.06. The number of rotatable bonds is 6. The van der Waals surface area contributed by atoms with Gasteiger partial charge in [0.25, 0.3) is 0 Å².